The van der Waals surface area contributed by atoms with Crippen molar-refractivity contribution >= 4 is 43.4 Å². The van der Waals surface area contributed by atoms with Crippen molar-refractivity contribution in [2.45, 2.75) is 0 Å². The molecule has 8 aromatic rings. The maximum absolute atomic E-state index is 4.99. The minimum Gasteiger partial charge on any atom is -0.346 e. The number of aromatic nitrogens is 5. The molecule has 0 N–H and O–H groups in total. The standard InChI is InChI=1S/C33H19N5S.Pt/c1-2-13-29-25(10-1)26-16-15-23(33-36-28-12-6-14-30(32(28)39-33)37-19-7-18-35-37)21-31(26)38(29)24-9-5-8-22(20-24)27-11-3-4-17-34-27;/h1-19H;/q-2;+2. The quantitative estimate of drug-likeness (QED) is 0.175. The Morgan fingerprint density at radius 1 is 0.700 bits per heavy atom. The topological polar surface area (TPSA) is 48.5 Å². The largest absolute Gasteiger partial charge is 2.00 e. The van der Waals surface area contributed by atoms with Crippen LogP contribution in [-0.2, 0) is 21.1 Å². The Morgan fingerprint density at radius 3 is 2.48 bits per heavy atom. The first-order chi connectivity index (χ1) is 19.3. The Morgan fingerprint density at radius 2 is 1.60 bits per heavy atom. The van der Waals surface area contributed by atoms with Gasteiger partial charge in [0.1, 0.15) is 0 Å². The SMILES string of the molecule is [Pt+2].[c-]1c(-c2ccccn2)cccc1-n1c2[c-]c(-c3nc4cccc(-n5cccn5)c4s3)ccc2c2ccccc21. The molecule has 0 unspecified atom stereocenters. The zero-order valence-electron chi connectivity index (χ0n) is 20.9. The van der Waals surface area contributed by atoms with Crippen LogP contribution in [-0.4, -0.2) is 24.3 Å². The fraction of sp³-hybridized carbons (Fsp3) is 0. The third-order valence-electron chi connectivity index (χ3n) is 6.92. The van der Waals surface area contributed by atoms with Gasteiger partial charge in [-0.25, -0.2) is 4.68 Å². The molecule has 192 valence electrons. The van der Waals surface area contributed by atoms with Gasteiger partial charge in [0, 0.05) is 29.1 Å². The van der Waals surface area contributed by atoms with Crippen LogP contribution < -0.4 is 0 Å². The zero-order valence-corrected chi connectivity index (χ0v) is 24.0. The van der Waals surface area contributed by atoms with Crippen LogP contribution in [0.5, 0.6) is 0 Å². The van der Waals surface area contributed by atoms with Crippen LogP contribution in [0, 0.1) is 12.1 Å². The number of hydrogen-bond donors (Lipinski definition) is 0. The number of pyridine rings is 1. The van der Waals surface area contributed by atoms with E-state index >= 15 is 0 Å². The molecule has 0 fully saturated rings. The van der Waals surface area contributed by atoms with Crippen molar-refractivity contribution in [2.75, 3.05) is 0 Å². The van der Waals surface area contributed by atoms with Gasteiger partial charge in [-0.3, -0.25) is 4.98 Å². The van der Waals surface area contributed by atoms with E-state index in [0.29, 0.717) is 0 Å². The van der Waals surface area contributed by atoms with Crippen LogP contribution in [0.15, 0.2) is 116 Å². The summed E-state index contributed by atoms with van der Waals surface area (Å²) in [7, 11) is 0. The molecule has 0 aliphatic carbocycles. The predicted molar refractivity (Wildman–Crippen MR) is 157 cm³/mol. The van der Waals surface area contributed by atoms with Gasteiger partial charge in [-0.05, 0) is 52.6 Å². The molecule has 0 radical (unpaired) electrons. The van der Waals surface area contributed by atoms with Crippen molar-refractivity contribution in [3.63, 3.8) is 0 Å². The van der Waals surface area contributed by atoms with E-state index in [-0.39, 0.29) is 21.1 Å². The van der Waals surface area contributed by atoms with Gasteiger partial charge in [-0.15, -0.1) is 53.6 Å². The van der Waals surface area contributed by atoms with E-state index in [1.54, 1.807) is 17.5 Å². The normalized spacial score (nSPS) is 11.3. The molecule has 0 bridgehead atoms. The third kappa shape index (κ3) is 4.00. The van der Waals surface area contributed by atoms with E-state index in [0.717, 1.165) is 59.8 Å². The molecule has 7 heteroatoms. The molecule has 0 saturated carbocycles. The number of rotatable bonds is 4. The average molecular weight is 713 g/mol. The summed E-state index contributed by atoms with van der Waals surface area (Å²) in [5.41, 5.74) is 7.84. The minimum absolute atomic E-state index is 0. The summed E-state index contributed by atoms with van der Waals surface area (Å²) < 4.78 is 5.23. The van der Waals surface area contributed by atoms with Gasteiger partial charge in [-0.1, -0.05) is 41.8 Å². The van der Waals surface area contributed by atoms with E-state index in [1.165, 1.54) is 5.39 Å². The second kappa shape index (κ2) is 9.98. The monoisotopic (exact) mass is 712 g/mol. The van der Waals surface area contributed by atoms with Gasteiger partial charge >= 0.3 is 21.1 Å². The van der Waals surface area contributed by atoms with Crippen molar-refractivity contribution in [1.82, 2.24) is 24.3 Å². The summed E-state index contributed by atoms with van der Waals surface area (Å²) in [5.74, 6) is 0. The second-order valence-electron chi connectivity index (χ2n) is 9.25. The molecule has 0 atom stereocenters. The third-order valence-corrected chi connectivity index (χ3v) is 8.05. The number of para-hydroxylation sites is 1. The van der Waals surface area contributed by atoms with Crippen LogP contribution in [0.1, 0.15) is 0 Å². The van der Waals surface area contributed by atoms with E-state index in [1.807, 2.05) is 53.5 Å². The average Bonchev–Trinajstić information content (AvgIpc) is 3.75. The molecule has 4 heterocycles. The van der Waals surface area contributed by atoms with Crippen LogP contribution in [0.3, 0.4) is 0 Å². The summed E-state index contributed by atoms with van der Waals surface area (Å²) in [4.78, 5) is 9.53. The molecule has 8 rings (SSSR count). The first kappa shape index (κ1) is 24.6. The van der Waals surface area contributed by atoms with Gasteiger partial charge in [0.05, 0.1) is 15.9 Å². The van der Waals surface area contributed by atoms with Gasteiger partial charge < -0.3 is 9.55 Å². The number of thiazole rings is 1. The maximum Gasteiger partial charge on any atom is 2.00 e. The van der Waals surface area contributed by atoms with Crippen molar-refractivity contribution < 1.29 is 21.1 Å². The number of hydrogen-bond acceptors (Lipinski definition) is 4. The Bertz CT molecular complexity index is 2130. The maximum atomic E-state index is 4.99. The molecule has 4 aromatic carbocycles. The van der Waals surface area contributed by atoms with Crippen LogP contribution in [0.4, 0.5) is 0 Å². The van der Waals surface area contributed by atoms with Gasteiger partial charge in [0.25, 0.3) is 0 Å². The first-order valence-corrected chi connectivity index (χ1v) is 13.4. The Balaban J connectivity index is 0.00000264. The molecular weight excluding hydrogens is 694 g/mol. The summed E-state index contributed by atoms with van der Waals surface area (Å²) in [6.45, 7) is 0. The van der Waals surface area contributed by atoms with Crippen molar-refractivity contribution in [3.8, 4) is 33.2 Å². The molecule has 0 spiro atoms. The smallest absolute Gasteiger partial charge is 0.346 e. The summed E-state index contributed by atoms with van der Waals surface area (Å²) in [6, 6.07) is 40.3. The van der Waals surface area contributed by atoms with E-state index in [2.05, 4.69) is 87.4 Å². The van der Waals surface area contributed by atoms with Crippen LogP contribution in [0.2, 0.25) is 0 Å². The Kier molecular flexibility index (Phi) is 6.15. The molecule has 0 aliphatic rings. The molecule has 5 nitrogen and oxygen atoms in total. The van der Waals surface area contributed by atoms with Gasteiger partial charge in [0.2, 0.25) is 0 Å². The van der Waals surface area contributed by atoms with E-state index < -0.39 is 0 Å². The molecular formula is C33H19N5PtS. The molecule has 40 heavy (non-hydrogen) atoms. The second-order valence-corrected chi connectivity index (χ2v) is 10.2. The zero-order chi connectivity index (χ0) is 25.8. The molecule has 0 saturated heterocycles. The number of nitrogens with zero attached hydrogens (tertiary/aromatic N) is 5. The Hall–Kier alpha value is -4.38. The first-order valence-electron chi connectivity index (χ1n) is 12.6. The fourth-order valence-corrected chi connectivity index (χ4v) is 6.22. The summed E-state index contributed by atoms with van der Waals surface area (Å²) >= 11 is 1.66. The van der Waals surface area contributed by atoms with Crippen LogP contribution in [0.25, 0.3) is 65.2 Å². The van der Waals surface area contributed by atoms with Gasteiger partial charge in [-0.2, -0.15) is 16.4 Å². The van der Waals surface area contributed by atoms with Crippen molar-refractivity contribution in [2.24, 2.45) is 0 Å². The summed E-state index contributed by atoms with van der Waals surface area (Å²) in [5, 5.41) is 7.68. The van der Waals surface area contributed by atoms with Gasteiger partial charge in [0.15, 0.2) is 0 Å². The number of fused-ring (bicyclic) bond motifs is 4. The summed E-state index contributed by atoms with van der Waals surface area (Å²) in [6.07, 6.45) is 5.56. The fourth-order valence-electron chi connectivity index (χ4n) is 5.17. The molecule has 0 amide bonds. The predicted octanol–water partition coefficient (Wildman–Crippen LogP) is 7.91. The van der Waals surface area contributed by atoms with Crippen molar-refractivity contribution in [1.29, 1.82) is 0 Å². The van der Waals surface area contributed by atoms with Crippen LogP contribution >= 0.6 is 11.3 Å². The Labute approximate surface area is 248 Å². The van der Waals surface area contributed by atoms with E-state index in [9.17, 15) is 0 Å². The number of benzene rings is 4. The van der Waals surface area contributed by atoms with Crippen molar-refractivity contribution in [3.05, 3.63) is 128 Å². The van der Waals surface area contributed by atoms with E-state index in [4.69, 9.17) is 4.98 Å². The molecule has 4 aromatic heterocycles. The minimum atomic E-state index is 0. The molecule has 0 aliphatic heterocycles.